The van der Waals surface area contributed by atoms with E-state index in [0.29, 0.717) is 18.7 Å². The molecule has 0 aliphatic rings. The third-order valence-corrected chi connectivity index (χ3v) is 3.19. The Morgan fingerprint density at radius 2 is 2.11 bits per heavy atom. The number of benzene rings is 1. The number of nitrogens with one attached hydrogen (secondary N) is 1. The first-order chi connectivity index (χ1) is 8.97. The van der Waals surface area contributed by atoms with E-state index in [4.69, 9.17) is 5.73 Å². The summed E-state index contributed by atoms with van der Waals surface area (Å²) in [5.41, 5.74) is 8.14. The molecule has 2 rings (SSSR count). The molecule has 1 heterocycles. The van der Waals surface area contributed by atoms with Crippen molar-refractivity contribution in [3.63, 3.8) is 0 Å². The van der Waals surface area contributed by atoms with Crippen LogP contribution in [0.5, 0.6) is 0 Å². The van der Waals surface area contributed by atoms with Gasteiger partial charge in [-0.05, 0) is 18.2 Å². The molecule has 0 aliphatic carbocycles. The van der Waals surface area contributed by atoms with Crippen LogP contribution in [0.1, 0.15) is 11.3 Å². The van der Waals surface area contributed by atoms with E-state index in [2.05, 4.69) is 10.3 Å². The molecule has 3 N–H and O–H groups in total. The van der Waals surface area contributed by atoms with Crippen LogP contribution in [-0.2, 0) is 12.6 Å². The lowest BCUT2D eigenvalue weighted by Gasteiger charge is -2.12. The number of nitrogens with zero attached hydrogens (tertiary/aromatic N) is 1. The zero-order valence-electron chi connectivity index (χ0n) is 9.87. The fourth-order valence-electron chi connectivity index (χ4n) is 1.59. The minimum absolute atomic E-state index is 0.0908. The lowest BCUT2D eigenvalue weighted by molar-refractivity contribution is -0.137. The van der Waals surface area contributed by atoms with Crippen molar-refractivity contribution in [2.24, 2.45) is 0 Å². The van der Waals surface area contributed by atoms with Gasteiger partial charge in [-0.2, -0.15) is 13.2 Å². The van der Waals surface area contributed by atoms with Gasteiger partial charge in [-0.3, -0.25) is 0 Å². The number of aromatic nitrogens is 1. The summed E-state index contributed by atoms with van der Waals surface area (Å²) < 4.78 is 37.4. The molecule has 1 aromatic heterocycles. The molecule has 2 aromatic rings. The monoisotopic (exact) mass is 287 g/mol. The largest absolute Gasteiger partial charge is 0.416 e. The van der Waals surface area contributed by atoms with Crippen molar-refractivity contribution in [3.05, 3.63) is 40.3 Å². The van der Waals surface area contributed by atoms with Gasteiger partial charge in [0.25, 0.3) is 0 Å². The van der Waals surface area contributed by atoms with E-state index < -0.39 is 11.7 Å². The van der Waals surface area contributed by atoms with Crippen LogP contribution in [0, 0.1) is 0 Å². The maximum atomic E-state index is 12.5. The van der Waals surface area contributed by atoms with Crippen LogP contribution in [-0.4, -0.2) is 11.5 Å². The van der Waals surface area contributed by atoms with Crippen molar-refractivity contribution in [1.29, 1.82) is 0 Å². The van der Waals surface area contributed by atoms with E-state index in [9.17, 15) is 13.2 Å². The third-order valence-electron chi connectivity index (χ3n) is 2.56. The molecule has 3 nitrogen and oxygen atoms in total. The Hall–Kier alpha value is -1.76. The number of halogens is 3. The summed E-state index contributed by atoms with van der Waals surface area (Å²) in [5.74, 6) is 0. The summed E-state index contributed by atoms with van der Waals surface area (Å²) in [6.07, 6.45) is -3.67. The number of alkyl halides is 3. The van der Waals surface area contributed by atoms with Gasteiger partial charge in [0.15, 0.2) is 0 Å². The highest BCUT2D eigenvalue weighted by Crippen LogP contribution is 2.32. The van der Waals surface area contributed by atoms with E-state index in [-0.39, 0.29) is 5.69 Å². The predicted molar refractivity (Wildman–Crippen MR) is 70.2 cm³/mol. The second-order valence-electron chi connectivity index (χ2n) is 3.96. The first kappa shape index (κ1) is 13.7. The Balaban J connectivity index is 1.97. The molecule has 0 radical (unpaired) electrons. The zero-order chi connectivity index (χ0) is 13.9. The lowest BCUT2D eigenvalue weighted by Crippen LogP contribution is -2.10. The van der Waals surface area contributed by atoms with Crippen LogP contribution in [0.2, 0.25) is 0 Å². The van der Waals surface area contributed by atoms with E-state index in [1.807, 2.05) is 5.38 Å². The number of hydrogen-bond acceptors (Lipinski definition) is 4. The molecule has 0 fully saturated rings. The highest BCUT2D eigenvalue weighted by Gasteiger charge is 2.30. The van der Waals surface area contributed by atoms with E-state index in [1.54, 1.807) is 5.51 Å². The fourth-order valence-corrected chi connectivity index (χ4v) is 2.18. The summed E-state index contributed by atoms with van der Waals surface area (Å²) in [6, 6.07) is 3.30. The number of nitrogen functional groups attached to an aromatic ring is 1. The maximum Gasteiger partial charge on any atom is 0.416 e. The van der Waals surface area contributed by atoms with Crippen molar-refractivity contribution in [3.8, 4) is 0 Å². The van der Waals surface area contributed by atoms with Gasteiger partial charge in [-0.25, -0.2) is 4.98 Å². The molecule has 19 heavy (non-hydrogen) atoms. The molecule has 1 aromatic carbocycles. The van der Waals surface area contributed by atoms with E-state index in [0.717, 1.165) is 17.8 Å². The highest BCUT2D eigenvalue weighted by molar-refractivity contribution is 7.07. The molecular weight excluding hydrogens is 275 g/mol. The SMILES string of the molecule is Nc1cc(C(F)(F)F)ccc1NCCc1cscn1. The standard InChI is InChI=1S/C12H12F3N3S/c13-12(14,15)8-1-2-11(10(16)5-8)17-4-3-9-6-19-7-18-9/h1-2,5-7,17H,3-4,16H2. The molecule has 0 bridgehead atoms. The van der Waals surface area contributed by atoms with Crippen molar-refractivity contribution in [1.82, 2.24) is 4.98 Å². The molecule has 0 spiro atoms. The number of hydrogen-bond donors (Lipinski definition) is 2. The average molecular weight is 287 g/mol. The Kier molecular flexibility index (Phi) is 3.94. The second-order valence-corrected chi connectivity index (χ2v) is 4.68. The Bertz CT molecular complexity index is 538. The van der Waals surface area contributed by atoms with Crippen LogP contribution < -0.4 is 11.1 Å². The Morgan fingerprint density at radius 1 is 1.32 bits per heavy atom. The summed E-state index contributed by atoms with van der Waals surface area (Å²) in [7, 11) is 0. The molecule has 0 saturated heterocycles. The summed E-state index contributed by atoms with van der Waals surface area (Å²) in [4.78, 5) is 4.11. The molecule has 0 unspecified atom stereocenters. The van der Waals surface area contributed by atoms with Crippen LogP contribution in [0.15, 0.2) is 29.1 Å². The van der Waals surface area contributed by atoms with Crippen LogP contribution in [0.25, 0.3) is 0 Å². The number of thiazole rings is 1. The fraction of sp³-hybridized carbons (Fsp3) is 0.250. The summed E-state index contributed by atoms with van der Waals surface area (Å²) >= 11 is 1.51. The maximum absolute atomic E-state index is 12.5. The quantitative estimate of drug-likeness (QED) is 0.847. The van der Waals surface area contributed by atoms with Gasteiger partial charge < -0.3 is 11.1 Å². The minimum atomic E-state index is -4.37. The van der Waals surface area contributed by atoms with Crippen LogP contribution in [0.4, 0.5) is 24.5 Å². The molecular formula is C12H12F3N3S. The first-order valence-electron chi connectivity index (χ1n) is 5.54. The number of nitrogens with two attached hydrogens (primary N) is 1. The van der Waals surface area contributed by atoms with E-state index in [1.165, 1.54) is 17.4 Å². The van der Waals surface area contributed by atoms with Gasteiger partial charge >= 0.3 is 6.18 Å². The highest BCUT2D eigenvalue weighted by atomic mass is 32.1. The van der Waals surface area contributed by atoms with Gasteiger partial charge in [0.05, 0.1) is 28.1 Å². The van der Waals surface area contributed by atoms with Gasteiger partial charge in [0.1, 0.15) is 0 Å². The molecule has 0 aliphatic heterocycles. The molecule has 7 heteroatoms. The molecule has 0 atom stereocenters. The summed E-state index contributed by atoms with van der Waals surface area (Å²) in [5, 5.41) is 4.93. The van der Waals surface area contributed by atoms with E-state index >= 15 is 0 Å². The van der Waals surface area contributed by atoms with Crippen molar-refractivity contribution >= 4 is 22.7 Å². The van der Waals surface area contributed by atoms with Gasteiger partial charge in [-0.1, -0.05) is 0 Å². The van der Waals surface area contributed by atoms with Gasteiger partial charge in [-0.15, -0.1) is 11.3 Å². The van der Waals surface area contributed by atoms with Gasteiger partial charge in [0.2, 0.25) is 0 Å². The molecule has 102 valence electrons. The molecule has 0 amide bonds. The number of anilines is 2. The van der Waals surface area contributed by atoms with Crippen molar-refractivity contribution in [2.45, 2.75) is 12.6 Å². The van der Waals surface area contributed by atoms with Crippen molar-refractivity contribution in [2.75, 3.05) is 17.6 Å². The van der Waals surface area contributed by atoms with Gasteiger partial charge in [0, 0.05) is 18.3 Å². The zero-order valence-corrected chi connectivity index (χ0v) is 10.7. The smallest absolute Gasteiger partial charge is 0.397 e. The normalized spacial score (nSPS) is 11.5. The Labute approximate surface area is 112 Å². The average Bonchev–Trinajstić information content (AvgIpc) is 2.83. The van der Waals surface area contributed by atoms with Crippen LogP contribution in [0.3, 0.4) is 0 Å². The number of rotatable bonds is 4. The third kappa shape index (κ3) is 3.60. The Morgan fingerprint density at radius 3 is 2.68 bits per heavy atom. The summed E-state index contributed by atoms with van der Waals surface area (Å²) in [6.45, 7) is 0.569. The topological polar surface area (TPSA) is 50.9 Å². The predicted octanol–water partition coefficient (Wildman–Crippen LogP) is 3.40. The van der Waals surface area contributed by atoms with Crippen molar-refractivity contribution < 1.29 is 13.2 Å². The lowest BCUT2D eigenvalue weighted by atomic mass is 10.1. The minimum Gasteiger partial charge on any atom is -0.397 e. The first-order valence-corrected chi connectivity index (χ1v) is 6.49. The van der Waals surface area contributed by atoms with Crippen LogP contribution >= 0.6 is 11.3 Å². The molecule has 0 saturated carbocycles. The second kappa shape index (κ2) is 5.48.